The Kier molecular flexibility index (Phi) is 6.59. The van der Waals surface area contributed by atoms with Crippen molar-refractivity contribution >= 4 is 5.78 Å². The number of piperidine rings is 1. The summed E-state index contributed by atoms with van der Waals surface area (Å²) < 4.78 is 0. The molecule has 0 aliphatic carbocycles. The lowest BCUT2D eigenvalue weighted by Gasteiger charge is -2.38. The van der Waals surface area contributed by atoms with Gasteiger partial charge in [0.1, 0.15) is 0 Å². The Morgan fingerprint density at radius 2 is 1.79 bits per heavy atom. The van der Waals surface area contributed by atoms with E-state index < -0.39 is 0 Å². The Labute approximate surface area is 147 Å². The third kappa shape index (κ3) is 5.15. The van der Waals surface area contributed by atoms with Crippen molar-refractivity contribution in [3.05, 3.63) is 35.9 Å². The normalized spacial score (nSPS) is 18.8. The van der Waals surface area contributed by atoms with Crippen molar-refractivity contribution in [2.24, 2.45) is 17.3 Å². The molecule has 0 saturated carbocycles. The average Bonchev–Trinajstić information content (AvgIpc) is 2.54. The maximum absolute atomic E-state index is 12.5. The summed E-state index contributed by atoms with van der Waals surface area (Å²) in [6.45, 7) is 11.2. The summed E-state index contributed by atoms with van der Waals surface area (Å²) in [6, 6.07) is 9.62. The van der Waals surface area contributed by atoms with Crippen LogP contribution in [0.1, 0.15) is 57.3 Å². The molecule has 1 atom stereocenters. The number of ketones is 1. The standard InChI is InChI=1S/C21H33NO2/c1-16(2)14-21(3,4)19(23)15-22-12-10-18(11-13-22)20(24)17-8-6-5-7-9-17/h5-9,16,18-19,23H,10-15H2,1-4H3. The number of aliphatic hydroxyl groups excluding tert-OH is 1. The van der Waals surface area contributed by atoms with Crippen LogP contribution in [0.5, 0.6) is 0 Å². The van der Waals surface area contributed by atoms with Crippen molar-refractivity contribution in [2.75, 3.05) is 19.6 Å². The monoisotopic (exact) mass is 331 g/mol. The topological polar surface area (TPSA) is 40.5 Å². The van der Waals surface area contributed by atoms with E-state index in [0.29, 0.717) is 12.5 Å². The second-order valence-corrected chi connectivity index (χ2v) is 8.41. The van der Waals surface area contributed by atoms with Crippen LogP contribution < -0.4 is 0 Å². The van der Waals surface area contributed by atoms with Gasteiger partial charge in [-0.3, -0.25) is 4.79 Å². The van der Waals surface area contributed by atoms with Gasteiger partial charge in [0, 0.05) is 18.0 Å². The van der Waals surface area contributed by atoms with Crippen molar-refractivity contribution in [1.82, 2.24) is 4.90 Å². The number of rotatable bonds is 7. The van der Waals surface area contributed by atoms with Gasteiger partial charge in [-0.05, 0) is 43.7 Å². The zero-order valence-electron chi connectivity index (χ0n) is 15.7. The predicted octanol–water partition coefficient (Wildman–Crippen LogP) is 4.01. The number of Topliss-reactive ketones (excluding diaryl/α,β-unsaturated/α-hetero) is 1. The average molecular weight is 332 g/mol. The van der Waals surface area contributed by atoms with E-state index in [1.807, 2.05) is 30.3 Å². The van der Waals surface area contributed by atoms with Gasteiger partial charge in [-0.25, -0.2) is 0 Å². The highest BCUT2D eigenvalue weighted by atomic mass is 16.3. The van der Waals surface area contributed by atoms with E-state index in [0.717, 1.165) is 37.9 Å². The molecule has 1 saturated heterocycles. The third-order valence-corrected chi connectivity index (χ3v) is 5.28. The lowest BCUT2D eigenvalue weighted by molar-refractivity contribution is 0.000132. The summed E-state index contributed by atoms with van der Waals surface area (Å²) in [7, 11) is 0. The van der Waals surface area contributed by atoms with E-state index in [1.165, 1.54) is 0 Å². The predicted molar refractivity (Wildman–Crippen MR) is 99.2 cm³/mol. The van der Waals surface area contributed by atoms with Crippen LogP contribution in [0.2, 0.25) is 0 Å². The van der Waals surface area contributed by atoms with E-state index in [1.54, 1.807) is 0 Å². The number of carbonyl (C=O) groups is 1. The molecule has 1 heterocycles. The SMILES string of the molecule is CC(C)CC(C)(C)C(O)CN1CCC(C(=O)c2ccccc2)CC1. The van der Waals surface area contributed by atoms with Crippen LogP contribution in [0, 0.1) is 17.3 Å². The molecule has 1 aliphatic rings. The number of nitrogens with zero attached hydrogens (tertiary/aromatic N) is 1. The van der Waals surface area contributed by atoms with Crippen molar-refractivity contribution in [2.45, 2.75) is 53.1 Å². The van der Waals surface area contributed by atoms with Crippen molar-refractivity contribution in [3.63, 3.8) is 0 Å². The van der Waals surface area contributed by atoms with E-state index in [2.05, 4.69) is 32.6 Å². The van der Waals surface area contributed by atoms with Crippen LogP contribution in [0.4, 0.5) is 0 Å². The van der Waals surface area contributed by atoms with Crippen molar-refractivity contribution < 1.29 is 9.90 Å². The number of benzene rings is 1. The largest absolute Gasteiger partial charge is 0.391 e. The molecule has 3 nitrogen and oxygen atoms in total. The lowest BCUT2D eigenvalue weighted by atomic mass is 9.78. The first kappa shape index (κ1) is 19.1. The van der Waals surface area contributed by atoms with Gasteiger partial charge in [0.15, 0.2) is 5.78 Å². The first-order valence-electron chi connectivity index (χ1n) is 9.29. The maximum Gasteiger partial charge on any atom is 0.166 e. The van der Waals surface area contributed by atoms with Crippen LogP contribution in [-0.2, 0) is 0 Å². The molecule has 0 spiro atoms. The zero-order valence-corrected chi connectivity index (χ0v) is 15.7. The van der Waals surface area contributed by atoms with E-state index in [4.69, 9.17) is 0 Å². The van der Waals surface area contributed by atoms with Gasteiger partial charge in [-0.2, -0.15) is 0 Å². The Hall–Kier alpha value is -1.19. The zero-order chi connectivity index (χ0) is 17.7. The highest BCUT2D eigenvalue weighted by molar-refractivity contribution is 5.97. The number of hydrogen-bond acceptors (Lipinski definition) is 3. The summed E-state index contributed by atoms with van der Waals surface area (Å²) >= 11 is 0. The third-order valence-electron chi connectivity index (χ3n) is 5.28. The smallest absolute Gasteiger partial charge is 0.166 e. The summed E-state index contributed by atoms with van der Waals surface area (Å²) in [5.74, 6) is 0.990. The number of aliphatic hydroxyl groups is 1. The molecule has 1 aliphatic heterocycles. The Balaban J connectivity index is 1.83. The van der Waals surface area contributed by atoms with Gasteiger partial charge >= 0.3 is 0 Å². The molecule has 1 N–H and O–H groups in total. The molecule has 1 aromatic carbocycles. The Morgan fingerprint density at radius 3 is 2.33 bits per heavy atom. The highest BCUT2D eigenvalue weighted by Crippen LogP contribution is 2.31. The van der Waals surface area contributed by atoms with Crippen LogP contribution in [0.25, 0.3) is 0 Å². The number of hydrogen-bond donors (Lipinski definition) is 1. The molecule has 1 unspecified atom stereocenters. The minimum Gasteiger partial charge on any atom is -0.391 e. The highest BCUT2D eigenvalue weighted by Gasteiger charge is 2.32. The quantitative estimate of drug-likeness (QED) is 0.767. The molecule has 0 aromatic heterocycles. The number of β-amino-alcohol motifs (C(OH)–C–C–N with tert-alkyl or cyclic N) is 1. The lowest BCUT2D eigenvalue weighted by Crippen LogP contribution is -2.45. The Bertz CT molecular complexity index is 516. The fourth-order valence-corrected chi connectivity index (χ4v) is 3.90. The molecular weight excluding hydrogens is 298 g/mol. The van der Waals surface area contributed by atoms with Gasteiger partial charge in [0.2, 0.25) is 0 Å². The molecule has 1 fully saturated rings. The fraction of sp³-hybridized carbons (Fsp3) is 0.667. The van der Waals surface area contributed by atoms with Gasteiger partial charge in [-0.15, -0.1) is 0 Å². The van der Waals surface area contributed by atoms with Crippen molar-refractivity contribution in [1.29, 1.82) is 0 Å². The molecule has 1 aromatic rings. The summed E-state index contributed by atoms with van der Waals surface area (Å²) in [5, 5.41) is 10.6. The van der Waals surface area contributed by atoms with Gasteiger partial charge in [0.25, 0.3) is 0 Å². The first-order valence-corrected chi connectivity index (χ1v) is 9.29. The van der Waals surface area contributed by atoms with E-state index in [9.17, 15) is 9.90 Å². The molecular formula is C21H33NO2. The molecule has 0 bridgehead atoms. The second kappa shape index (κ2) is 8.26. The Morgan fingerprint density at radius 1 is 1.21 bits per heavy atom. The van der Waals surface area contributed by atoms with Crippen LogP contribution in [0.3, 0.4) is 0 Å². The number of carbonyl (C=O) groups excluding carboxylic acids is 1. The van der Waals surface area contributed by atoms with Crippen LogP contribution >= 0.6 is 0 Å². The minimum atomic E-state index is -0.318. The van der Waals surface area contributed by atoms with Gasteiger partial charge in [0.05, 0.1) is 6.10 Å². The second-order valence-electron chi connectivity index (χ2n) is 8.41. The summed E-state index contributed by atoms with van der Waals surface area (Å²) in [5.41, 5.74) is 0.763. The van der Waals surface area contributed by atoms with Crippen LogP contribution in [0.15, 0.2) is 30.3 Å². The van der Waals surface area contributed by atoms with E-state index in [-0.39, 0.29) is 23.2 Å². The molecule has 2 rings (SSSR count). The molecule has 0 amide bonds. The molecule has 3 heteroatoms. The van der Waals surface area contributed by atoms with Crippen LogP contribution in [-0.4, -0.2) is 41.5 Å². The summed E-state index contributed by atoms with van der Waals surface area (Å²) in [4.78, 5) is 14.9. The minimum absolute atomic E-state index is 0.0646. The number of likely N-dealkylation sites (tertiary alicyclic amines) is 1. The van der Waals surface area contributed by atoms with Gasteiger partial charge < -0.3 is 10.0 Å². The van der Waals surface area contributed by atoms with Crippen molar-refractivity contribution in [3.8, 4) is 0 Å². The summed E-state index contributed by atoms with van der Waals surface area (Å²) in [6.07, 6.45) is 2.49. The first-order chi connectivity index (χ1) is 11.3. The van der Waals surface area contributed by atoms with E-state index >= 15 is 0 Å². The molecule has 24 heavy (non-hydrogen) atoms. The molecule has 134 valence electrons. The maximum atomic E-state index is 12.5. The fourth-order valence-electron chi connectivity index (χ4n) is 3.90. The molecule has 0 radical (unpaired) electrons. The van der Waals surface area contributed by atoms with Gasteiger partial charge in [-0.1, -0.05) is 58.0 Å².